The Kier molecular flexibility index (Phi) is 5.83. The molecule has 1 heterocycles. The number of nitrogens with one attached hydrogen (secondary N) is 1. The zero-order valence-electron chi connectivity index (χ0n) is 12.8. The summed E-state index contributed by atoms with van der Waals surface area (Å²) in [5, 5.41) is -0.924. The fraction of sp³-hybridized carbons (Fsp3) is 0.643. The van der Waals surface area contributed by atoms with Gasteiger partial charge in [-0.05, 0) is 43.8 Å². The molecule has 0 saturated carbocycles. The van der Waals surface area contributed by atoms with Gasteiger partial charge in [0.25, 0.3) is 0 Å². The van der Waals surface area contributed by atoms with Gasteiger partial charge < -0.3 is 9.47 Å². The quantitative estimate of drug-likeness (QED) is 0.624. The minimum atomic E-state index is -2.67. The maximum absolute atomic E-state index is 12.3. The minimum absolute atomic E-state index is 0.0108. The Morgan fingerprint density at radius 3 is 2.57 bits per heavy atom. The first-order valence-electron chi connectivity index (χ1n) is 6.83. The number of hydrogen-bond donors (Lipinski definition) is 1. The van der Waals surface area contributed by atoms with Crippen molar-refractivity contribution in [3.05, 3.63) is 12.7 Å². The van der Waals surface area contributed by atoms with Crippen LogP contribution < -0.4 is 4.72 Å². The number of ether oxygens (including phenoxy) is 2. The van der Waals surface area contributed by atoms with Gasteiger partial charge in [-0.2, -0.15) is 0 Å². The third-order valence-electron chi connectivity index (χ3n) is 2.73. The lowest BCUT2D eigenvalue weighted by Gasteiger charge is -2.38. The molecule has 1 rings (SSSR count). The van der Waals surface area contributed by atoms with Crippen LogP contribution in [0.25, 0.3) is 0 Å². The second-order valence-corrected chi connectivity index (χ2v) is 8.61. The summed E-state index contributed by atoms with van der Waals surface area (Å²) in [7, 11) is -2.67. The molecule has 0 aromatic rings. The Morgan fingerprint density at radius 1 is 1.38 bits per heavy atom. The Labute approximate surface area is 126 Å². The van der Waals surface area contributed by atoms with Gasteiger partial charge in [0.1, 0.15) is 12.2 Å². The van der Waals surface area contributed by atoms with Crippen molar-refractivity contribution < 1.29 is 23.9 Å². The number of rotatable bonds is 2. The van der Waals surface area contributed by atoms with E-state index in [1.807, 2.05) is 0 Å². The molecule has 1 amide bonds. The van der Waals surface area contributed by atoms with Crippen LogP contribution in [0.2, 0.25) is 0 Å². The maximum Gasteiger partial charge on any atom is 0.417 e. The number of hydrogen-bond acceptors (Lipinski definition) is 5. The Balaban J connectivity index is 2.91. The Hall–Kier alpha value is -1.50. The molecule has 1 aliphatic rings. The molecular formula is C14H23NO5S. The van der Waals surface area contributed by atoms with Gasteiger partial charge in [-0.15, -0.1) is 0 Å². The molecule has 1 unspecified atom stereocenters. The number of amides is 1. The van der Waals surface area contributed by atoms with Crippen LogP contribution in [0.3, 0.4) is 0 Å². The molecule has 0 radical (unpaired) electrons. The van der Waals surface area contributed by atoms with Crippen LogP contribution in [-0.2, 0) is 14.3 Å². The predicted molar refractivity (Wildman–Crippen MR) is 82.2 cm³/mol. The lowest BCUT2D eigenvalue weighted by Crippen LogP contribution is -2.43. The van der Waals surface area contributed by atoms with Crippen molar-refractivity contribution >= 4 is 26.7 Å². The van der Waals surface area contributed by atoms with E-state index in [1.54, 1.807) is 20.8 Å². The lowest BCUT2D eigenvalue weighted by molar-refractivity contribution is -0.111. The van der Waals surface area contributed by atoms with E-state index in [-0.39, 0.29) is 18.1 Å². The fourth-order valence-electron chi connectivity index (χ4n) is 1.87. The second kappa shape index (κ2) is 6.98. The molecule has 0 aromatic carbocycles. The van der Waals surface area contributed by atoms with Crippen LogP contribution in [0.15, 0.2) is 12.7 Å². The topological polar surface area (TPSA) is 81.7 Å². The minimum Gasteiger partial charge on any atom is -0.453 e. The van der Waals surface area contributed by atoms with Crippen LogP contribution in [0.4, 0.5) is 9.59 Å². The highest BCUT2D eigenvalue weighted by atomic mass is 32.3. The van der Waals surface area contributed by atoms with Crippen LogP contribution in [0, 0.1) is 0 Å². The van der Waals surface area contributed by atoms with E-state index in [4.69, 9.17) is 9.47 Å². The summed E-state index contributed by atoms with van der Waals surface area (Å²) in [6, 6.07) is 0. The summed E-state index contributed by atoms with van der Waals surface area (Å²) >= 11 is 0. The highest BCUT2D eigenvalue weighted by molar-refractivity contribution is 8.54. The summed E-state index contributed by atoms with van der Waals surface area (Å²) in [6.07, 6.45) is 2.35. The van der Waals surface area contributed by atoms with Crippen LogP contribution in [0.1, 0.15) is 40.0 Å². The van der Waals surface area contributed by atoms with Crippen molar-refractivity contribution in [2.45, 2.75) is 45.6 Å². The SMILES string of the molecule is C=CCOC(=O)S1(NC(=O)OC(C)(C)C)CCCCC1=O. The molecule has 7 heteroatoms. The molecule has 1 atom stereocenters. The molecule has 1 aliphatic heterocycles. The van der Waals surface area contributed by atoms with Crippen molar-refractivity contribution in [3.63, 3.8) is 0 Å². The van der Waals surface area contributed by atoms with Gasteiger partial charge in [0.05, 0.1) is 0 Å². The molecule has 1 saturated heterocycles. The van der Waals surface area contributed by atoms with E-state index in [1.165, 1.54) is 6.08 Å². The largest absolute Gasteiger partial charge is 0.453 e. The molecule has 0 aromatic heterocycles. The molecule has 0 spiro atoms. The van der Waals surface area contributed by atoms with Crippen molar-refractivity contribution in [1.82, 2.24) is 4.72 Å². The monoisotopic (exact) mass is 317 g/mol. The van der Waals surface area contributed by atoms with E-state index in [9.17, 15) is 14.4 Å². The molecule has 0 bridgehead atoms. The summed E-state index contributed by atoms with van der Waals surface area (Å²) < 4.78 is 12.7. The van der Waals surface area contributed by atoms with Gasteiger partial charge in [0.2, 0.25) is 0 Å². The fourth-order valence-corrected chi connectivity index (χ4v) is 4.48. The van der Waals surface area contributed by atoms with Crippen LogP contribution >= 0.6 is 10.2 Å². The average molecular weight is 317 g/mol. The van der Waals surface area contributed by atoms with Crippen LogP contribution in [0.5, 0.6) is 0 Å². The van der Waals surface area contributed by atoms with Crippen LogP contribution in [-0.4, -0.2) is 34.5 Å². The van der Waals surface area contributed by atoms with Gasteiger partial charge in [-0.1, -0.05) is 12.7 Å². The van der Waals surface area contributed by atoms with E-state index in [0.717, 1.165) is 6.42 Å². The zero-order valence-corrected chi connectivity index (χ0v) is 13.6. The summed E-state index contributed by atoms with van der Waals surface area (Å²) in [5.41, 5.74) is -0.701. The summed E-state index contributed by atoms with van der Waals surface area (Å²) in [5.74, 6) is 0.307. The summed E-state index contributed by atoms with van der Waals surface area (Å²) in [4.78, 5) is 36.5. The van der Waals surface area contributed by atoms with E-state index < -0.39 is 27.2 Å². The molecule has 6 nitrogen and oxygen atoms in total. The molecular weight excluding hydrogens is 294 g/mol. The van der Waals surface area contributed by atoms with Crippen molar-refractivity contribution in [2.75, 3.05) is 12.4 Å². The van der Waals surface area contributed by atoms with Crippen molar-refractivity contribution in [1.29, 1.82) is 0 Å². The lowest BCUT2D eigenvalue weighted by atomic mass is 10.2. The number of carbonyl (C=O) groups is 3. The smallest absolute Gasteiger partial charge is 0.417 e. The van der Waals surface area contributed by atoms with Gasteiger partial charge in [-0.25, -0.2) is 9.59 Å². The number of carbonyl (C=O) groups excluding carboxylic acids is 3. The van der Waals surface area contributed by atoms with E-state index in [2.05, 4.69) is 11.3 Å². The van der Waals surface area contributed by atoms with Crippen molar-refractivity contribution in [2.24, 2.45) is 0 Å². The predicted octanol–water partition coefficient (Wildman–Crippen LogP) is 3.26. The molecule has 1 fully saturated rings. The highest BCUT2D eigenvalue weighted by Gasteiger charge is 2.45. The first-order valence-corrected chi connectivity index (χ1v) is 8.64. The molecule has 21 heavy (non-hydrogen) atoms. The van der Waals surface area contributed by atoms with E-state index in [0.29, 0.717) is 12.2 Å². The molecule has 0 aliphatic carbocycles. The third kappa shape index (κ3) is 4.77. The highest BCUT2D eigenvalue weighted by Crippen LogP contribution is 2.51. The zero-order chi connectivity index (χ0) is 16.1. The first-order chi connectivity index (χ1) is 9.71. The molecule has 120 valence electrons. The van der Waals surface area contributed by atoms with Gasteiger partial charge in [-0.3, -0.25) is 9.52 Å². The average Bonchev–Trinajstić information content (AvgIpc) is 2.36. The van der Waals surface area contributed by atoms with Gasteiger partial charge >= 0.3 is 11.4 Å². The van der Waals surface area contributed by atoms with E-state index >= 15 is 0 Å². The standard InChI is InChI=1S/C14H23NO5S/c1-5-9-19-13(18)21(10-7-6-8-11(21)16)15-12(17)20-14(2,3)4/h5H,1,6-10H2,2-4H3,(H,15,17). The second-order valence-electron chi connectivity index (χ2n) is 5.73. The van der Waals surface area contributed by atoms with Crippen molar-refractivity contribution in [3.8, 4) is 0 Å². The Morgan fingerprint density at radius 2 is 2.05 bits per heavy atom. The van der Waals surface area contributed by atoms with Gasteiger partial charge in [0.15, 0.2) is 5.12 Å². The maximum atomic E-state index is 12.3. The molecule has 1 N–H and O–H groups in total. The first kappa shape index (κ1) is 17.6. The third-order valence-corrected chi connectivity index (χ3v) is 5.81. The summed E-state index contributed by atoms with van der Waals surface area (Å²) in [6.45, 7) is 8.62. The van der Waals surface area contributed by atoms with Gasteiger partial charge in [0, 0.05) is 12.2 Å². The normalized spacial score (nSPS) is 25.4. The Bertz CT molecular complexity index is 443.